The summed E-state index contributed by atoms with van der Waals surface area (Å²) >= 11 is 0. The maximum Gasteiger partial charge on any atom is 0.256 e. The van der Waals surface area contributed by atoms with Gasteiger partial charge in [-0.2, -0.15) is 0 Å². The Morgan fingerprint density at radius 1 is 1.17 bits per heavy atom. The number of benzene rings is 2. The van der Waals surface area contributed by atoms with Crippen molar-refractivity contribution in [2.75, 3.05) is 20.1 Å². The molecule has 1 saturated heterocycles. The van der Waals surface area contributed by atoms with E-state index >= 15 is 0 Å². The van der Waals surface area contributed by atoms with Crippen LogP contribution in [0.3, 0.4) is 0 Å². The van der Waals surface area contributed by atoms with Gasteiger partial charge in [0.2, 0.25) is 0 Å². The maximum absolute atomic E-state index is 13.1. The van der Waals surface area contributed by atoms with Crippen LogP contribution in [0, 0.1) is 6.92 Å². The van der Waals surface area contributed by atoms with Crippen LogP contribution in [0.15, 0.2) is 47.1 Å². The summed E-state index contributed by atoms with van der Waals surface area (Å²) in [6.07, 6.45) is 1.27. The molecule has 152 valence electrons. The van der Waals surface area contributed by atoms with Crippen molar-refractivity contribution in [3.63, 3.8) is 0 Å². The van der Waals surface area contributed by atoms with Crippen molar-refractivity contribution in [3.8, 4) is 0 Å². The highest BCUT2D eigenvalue weighted by molar-refractivity contribution is 5.86. The van der Waals surface area contributed by atoms with Crippen LogP contribution >= 0.6 is 0 Å². The van der Waals surface area contributed by atoms with Crippen LogP contribution in [0.4, 0.5) is 0 Å². The fourth-order valence-corrected chi connectivity index (χ4v) is 4.13. The minimum absolute atomic E-state index is 0.187. The number of rotatable bonds is 6. The number of carbonyl (C=O) groups is 1. The number of hydrogen-bond acceptors (Lipinski definition) is 6. The fourth-order valence-electron chi connectivity index (χ4n) is 4.13. The van der Waals surface area contributed by atoms with E-state index in [4.69, 9.17) is 4.63 Å². The average Bonchev–Trinajstić information content (AvgIpc) is 3.13. The number of amides is 1. The highest BCUT2D eigenvalue weighted by Gasteiger charge is 2.42. The van der Waals surface area contributed by atoms with E-state index in [2.05, 4.69) is 16.4 Å². The number of aromatic nitrogens is 2. The smallest absolute Gasteiger partial charge is 0.256 e. The van der Waals surface area contributed by atoms with Gasteiger partial charge < -0.3 is 10.0 Å². The van der Waals surface area contributed by atoms with Gasteiger partial charge in [-0.05, 0) is 60.4 Å². The van der Waals surface area contributed by atoms with Crippen molar-refractivity contribution < 1.29 is 14.5 Å². The lowest BCUT2D eigenvalue weighted by molar-refractivity contribution is -0.160. The summed E-state index contributed by atoms with van der Waals surface area (Å²) in [4.78, 5) is 16.8. The molecule has 4 rings (SSSR count). The van der Waals surface area contributed by atoms with Crippen LogP contribution < -0.4 is 0 Å². The molecule has 1 fully saturated rings. The molecule has 0 radical (unpaired) electrons. The van der Waals surface area contributed by atoms with E-state index in [0.29, 0.717) is 37.1 Å². The van der Waals surface area contributed by atoms with Gasteiger partial charge in [-0.15, -0.1) is 0 Å². The number of aryl methyl sites for hydroxylation is 1. The van der Waals surface area contributed by atoms with Crippen molar-refractivity contribution in [2.45, 2.75) is 38.5 Å². The summed E-state index contributed by atoms with van der Waals surface area (Å²) in [6.45, 7) is 4.12. The van der Waals surface area contributed by atoms with E-state index < -0.39 is 5.60 Å². The van der Waals surface area contributed by atoms with E-state index in [1.54, 1.807) is 4.90 Å². The molecule has 1 aliphatic rings. The van der Waals surface area contributed by atoms with Gasteiger partial charge in [-0.25, -0.2) is 4.63 Å². The van der Waals surface area contributed by atoms with Gasteiger partial charge >= 0.3 is 0 Å². The number of likely N-dealkylation sites (tertiary alicyclic amines) is 1. The zero-order valence-electron chi connectivity index (χ0n) is 16.8. The van der Waals surface area contributed by atoms with Gasteiger partial charge in [0.1, 0.15) is 11.0 Å². The molecule has 2 heterocycles. The second-order valence-corrected chi connectivity index (χ2v) is 8.11. The Morgan fingerprint density at radius 2 is 2.00 bits per heavy atom. The molecule has 1 amide bonds. The molecule has 0 aliphatic carbocycles. The zero-order chi connectivity index (χ0) is 20.4. The monoisotopic (exact) mass is 394 g/mol. The number of likely N-dealkylation sites (N-methyl/N-ethyl adjacent to an activating group) is 1. The van der Waals surface area contributed by atoms with Crippen LogP contribution in [0.2, 0.25) is 0 Å². The Balaban J connectivity index is 1.42. The number of fused-ring (bicyclic) bond motifs is 1. The van der Waals surface area contributed by atoms with Crippen molar-refractivity contribution in [3.05, 3.63) is 59.2 Å². The second kappa shape index (κ2) is 7.93. The Kier molecular flexibility index (Phi) is 5.34. The van der Waals surface area contributed by atoms with E-state index in [1.807, 2.05) is 55.3 Å². The van der Waals surface area contributed by atoms with Gasteiger partial charge in [0.25, 0.3) is 5.91 Å². The highest BCUT2D eigenvalue weighted by atomic mass is 16.6. The first-order valence-electron chi connectivity index (χ1n) is 9.90. The van der Waals surface area contributed by atoms with E-state index in [-0.39, 0.29) is 12.5 Å². The first-order chi connectivity index (χ1) is 13.9. The lowest BCUT2D eigenvalue weighted by Crippen LogP contribution is -2.57. The minimum Gasteiger partial charge on any atom is -0.379 e. The molecule has 3 aromatic rings. The quantitative estimate of drug-likeness (QED) is 0.692. The van der Waals surface area contributed by atoms with Crippen LogP contribution in [0.5, 0.6) is 0 Å². The predicted molar refractivity (Wildman–Crippen MR) is 109 cm³/mol. The van der Waals surface area contributed by atoms with Gasteiger partial charge in [0.15, 0.2) is 5.60 Å². The lowest BCUT2D eigenvalue weighted by Gasteiger charge is -2.40. The molecular formula is C22H26N4O3. The number of piperidine rings is 1. The molecule has 1 N–H and O–H groups in total. The summed E-state index contributed by atoms with van der Waals surface area (Å²) in [6, 6.07) is 13.9. The van der Waals surface area contributed by atoms with Crippen LogP contribution in [-0.4, -0.2) is 56.9 Å². The van der Waals surface area contributed by atoms with Crippen molar-refractivity contribution in [1.29, 1.82) is 0 Å². The largest absolute Gasteiger partial charge is 0.379 e. The third-order valence-corrected chi connectivity index (χ3v) is 5.46. The third-order valence-electron chi connectivity index (χ3n) is 5.46. The van der Waals surface area contributed by atoms with Crippen molar-refractivity contribution >= 4 is 16.9 Å². The van der Waals surface area contributed by atoms with E-state index in [1.165, 1.54) is 5.56 Å². The first-order valence-corrected chi connectivity index (χ1v) is 9.90. The highest BCUT2D eigenvalue weighted by Crippen LogP contribution is 2.26. The van der Waals surface area contributed by atoms with Gasteiger partial charge in [0, 0.05) is 26.2 Å². The number of carbonyl (C=O) groups excluding carboxylic acids is 1. The number of aliphatic hydroxyl groups is 1. The molecule has 7 nitrogen and oxygen atoms in total. The van der Waals surface area contributed by atoms with Crippen molar-refractivity contribution in [2.24, 2.45) is 0 Å². The van der Waals surface area contributed by atoms with Crippen molar-refractivity contribution in [1.82, 2.24) is 20.1 Å². The van der Waals surface area contributed by atoms with Crippen LogP contribution in [0.1, 0.15) is 29.5 Å². The topological polar surface area (TPSA) is 82.7 Å². The fraction of sp³-hybridized carbons (Fsp3) is 0.409. The third kappa shape index (κ3) is 4.31. The normalized spacial score (nSPS) is 20.0. The van der Waals surface area contributed by atoms with Crippen LogP contribution in [-0.2, 0) is 17.9 Å². The molecule has 1 aromatic heterocycles. The molecule has 1 atom stereocenters. The molecule has 7 heteroatoms. The predicted octanol–water partition coefficient (Wildman–Crippen LogP) is 2.52. The maximum atomic E-state index is 13.1. The molecule has 1 aliphatic heterocycles. The molecular weight excluding hydrogens is 368 g/mol. The summed E-state index contributed by atoms with van der Waals surface area (Å²) < 4.78 is 4.74. The van der Waals surface area contributed by atoms with E-state index in [9.17, 15) is 9.90 Å². The summed E-state index contributed by atoms with van der Waals surface area (Å²) in [5.74, 6) is -0.187. The Labute approximate surface area is 169 Å². The molecule has 0 spiro atoms. The number of hydrogen-bond donors (Lipinski definition) is 1. The van der Waals surface area contributed by atoms with E-state index in [0.717, 1.165) is 17.5 Å². The molecule has 0 bridgehead atoms. The van der Waals surface area contributed by atoms with Gasteiger partial charge in [-0.3, -0.25) is 9.69 Å². The minimum atomic E-state index is -1.36. The molecule has 2 aromatic carbocycles. The molecule has 1 unspecified atom stereocenters. The number of nitrogens with zero attached hydrogens (tertiary/aromatic N) is 4. The Hall–Kier alpha value is -2.77. The van der Waals surface area contributed by atoms with Gasteiger partial charge in [0.05, 0.1) is 0 Å². The molecule has 29 heavy (non-hydrogen) atoms. The van der Waals surface area contributed by atoms with Gasteiger partial charge in [-0.1, -0.05) is 35.9 Å². The van der Waals surface area contributed by atoms with Crippen LogP contribution in [0.25, 0.3) is 11.0 Å². The first kappa shape index (κ1) is 19.5. The summed E-state index contributed by atoms with van der Waals surface area (Å²) in [7, 11) is 1.91. The molecule has 0 saturated carbocycles. The Bertz CT molecular complexity index is 1020. The average molecular weight is 394 g/mol. The second-order valence-electron chi connectivity index (χ2n) is 8.11. The standard InChI is InChI=1S/C22H26N4O3/c1-16-5-3-6-17(11-16)14-26-10-4-9-22(28,21(26)27)15-25(2)13-18-7-8-19-20(12-18)24-29-23-19/h3,5-8,11-12,28H,4,9-10,13-15H2,1-2H3. The SMILES string of the molecule is Cc1cccc(CN2CCCC(O)(CN(C)Cc3ccc4nonc4c3)C2=O)c1. The lowest BCUT2D eigenvalue weighted by atomic mass is 9.90. The summed E-state index contributed by atoms with van der Waals surface area (Å²) in [5.41, 5.74) is 3.33. The Morgan fingerprint density at radius 3 is 2.83 bits per heavy atom. The zero-order valence-corrected chi connectivity index (χ0v) is 16.8. The summed E-state index contributed by atoms with van der Waals surface area (Å²) in [5, 5.41) is 18.8.